The van der Waals surface area contributed by atoms with Crippen LogP contribution in [0.1, 0.15) is 40.0 Å². The van der Waals surface area contributed by atoms with Gasteiger partial charge in [-0.05, 0) is 39.7 Å². The Bertz CT molecular complexity index is 1590. The molecule has 3 aromatic heterocycles. The Morgan fingerprint density at radius 2 is 2.00 bits per heavy atom. The second-order valence-electron chi connectivity index (χ2n) is 10.6. The molecule has 0 radical (unpaired) electrons. The van der Waals surface area contributed by atoms with E-state index in [0.717, 1.165) is 19.2 Å². The van der Waals surface area contributed by atoms with Gasteiger partial charge in [0.15, 0.2) is 24.5 Å². The monoisotopic (exact) mass is 537 g/mol. The van der Waals surface area contributed by atoms with E-state index in [4.69, 9.17) is 15.2 Å². The summed E-state index contributed by atoms with van der Waals surface area (Å²) >= 11 is 0. The molecule has 4 heterocycles. The van der Waals surface area contributed by atoms with E-state index in [0.29, 0.717) is 48.0 Å². The van der Waals surface area contributed by atoms with Crippen molar-refractivity contribution < 1.29 is 22.7 Å². The Kier molecular flexibility index (Phi) is 6.62. The fourth-order valence-electron chi connectivity index (χ4n) is 4.80. The van der Waals surface area contributed by atoms with E-state index in [1.54, 1.807) is 23.2 Å². The predicted octanol–water partition coefficient (Wildman–Crippen LogP) is 3.08. The number of fused-ring (bicyclic) bond motifs is 3. The van der Waals surface area contributed by atoms with Gasteiger partial charge in [-0.3, -0.25) is 0 Å². The molecule has 0 aromatic carbocycles. The Labute approximate surface area is 222 Å². The van der Waals surface area contributed by atoms with Crippen LogP contribution in [-0.4, -0.2) is 65.4 Å². The van der Waals surface area contributed by atoms with Crippen LogP contribution in [0.2, 0.25) is 6.82 Å². The lowest BCUT2D eigenvalue weighted by atomic mass is 9.74. The maximum atomic E-state index is 13.8. The van der Waals surface area contributed by atoms with Crippen LogP contribution in [0.3, 0.4) is 0 Å². The van der Waals surface area contributed by atoms with Crippen molar-refractivity contribution in [1.29, 1.82) is 0 Å². The van der Waals surface area contributed by atoms with Crippen LogP contribution in [0, 0.1) is 0 Å². The third kappa shape index (κ3) is 4.73. The van der Waals surface area contributed by atoms with E-state index >= 15 is 0 Å². The van der Waals surface area contributed by atoms with E-state index in [9.17, 15) is 13.2 Å². The number of nitrogen functional groups attached to an aromatic ring is 1. The third-order valence-electron chi connectivity index (χ3n) is 6.63. The number of allylic oxidation sites excluding steroid dienone is 3. The number of rotatable bonds is 5. The second-order valence-corrected chi connectivity index (χ2v) is 12.4. The lowest BCUT2D eigenvalue weighted by Gasteiger charge is -2.24. The maximum Gasteiger partial charge on any atom is 0.410 e. The molecule has 2 aliphatic rings. The number of aromatic nitrogens is 3. The van der Waals surface area contributed by atoms with Crippen LogP contribution >= 0.6 is 0 Å². The van der Waals surface area contributed by atoms with Gasteiger partial charge in [0.1, 0.15) is 11.7 Å². The smallest absolute Gasteiger partial charge is 0.410 e. The zero-order chi connectivity index (χ0) is 27.2. The summed E-state index contributed by atoms with van der Waals surface area (Å²) in [5, 5.41) is 1.16. The lowest BCUT2D eigenvalue weighted by molar-refractivity contribution is 0.0276. The number of carbonyl (C=O) groups excluding carboxylic acids is 1. The fraction of sp³-hybridized carbons (Fsp3) is 0.423. The highest BCUT2D eigenvalue weighted by Gasteiger charge is 2.33. The third-order valence-corrected chi connectivity index (χ3v) is 8.38. The number of likely N-dealkylation sites (tertiary alicyclic amines) is 1. The van der Waals surface area contributed by atoms with Crippen LogP contribution in [0.4, 0.5) is 10.6 Å². The molecule has 10 nitrogen and oxygen atoms in total. The number of anilines is 1. The zero-order valence-electron chi connectivity index (χ0n) is 22.1. The first-order valence-corrected chi connectivity index (χ1v) is 14.3. The normalized spacial score (nSPS) is 18.2. The van der Waals surface area contributed by atoms with E-state index in [-0.39, 0.29) is 22.5 Å². The van der Waals surface area contributed by atoms with Crippen LogP contribution in [0.5, 0.6) is 5.75 Å². The number of nitrogens with two attached hydrogens (primary N) is 1. The van der Waals surface area contributed by atoms with Gasteiger partial charge in [0, 0.05) is 24.5 Å². The van der Waals surface area contributed by atoms with Crippen molar-refractivity contribution in [1.82, 2.24) is 18.8 Å². The van der Waals surface area contributed by atoms with Gasteiger partial charge >= 0.3 is 6.09 Å². The number of carbonyl (C=O) groups is 1. The molecule has 0 saturated carbocycles. The van der Waals surface area contributed by atoms with Gasteiger partial charge in [0.25, 0.3) is 10.0 Å². The minimum atomic E-state index is -3.96. The number of nitrogens with zero attached hydrogens (tertiary/aromatic N) is 4. The summed E-state index contributed by atoms with van der Waals surface area (Å²) in [6, 6.07) is 1.93. The SMILES string of the molecule is CBc1cnc2c(c1)c1c(OC3CCN(C(=O)OC(C)(C)C)C3)c(N)ncc1n2S(=O)(=O)C1=CCCC=C1. The molecule has 2 N–H and O–H groups in total. The standard InChI is InChI=1S/C26H32BN5O5S/c1-26(2,3)37-25(33)31-11-10-17(15-31)36-22-21-19-12-16(27-4)13-30-24(19)32(20(21)14-29-23(22)28)38(34,35)18-8-6-5-7-9-18/h6,8-9,12-14,17,27H,5,7,10-11,15H2,1-4H3,(H2,28,29). The molecule has 3 aromatic rings. The van der Waals surface area contributed by atoms with Crippen molar-refractivity contribution in [3.63, 3.8) is 0 Å². The molecule has 5 rings (SSSR count). The van der Waals surface area contributed by atoms with Gasteiger partial charge in [-0.1, -0.05) is 30.5 Å². The van der Waals surface area contributed by atoms with E-state index in [1.165, 1.54) is 10.2 Å². The Balaban J connectivity index is 1.61. The van der Waals surface area contributed by atoms with Crippen molar-refractivity contribution in [3.05, 3.63) is 41.6 Å². The first-order chi connectivity index (χ1) is 18.0. The van der Waals surface area contributed by atoms with Crippen molar-refractivity contribution in [2.24, 2.45) is 0 Å². The van der Waals surface area contributed by atoms with Gasteiger partial charge in [0.2, 0.25) is 0 Å². The van der Waals surface area contributed by atoms with Gasteiger partial charge < -0.3 is 20.1 Å². The minimum absolute atomic E-state index is 0.142. The summed E-state index contributed by atoms with van der Waals surface area (Å²) in [6.07, 6.45) is 9.59. The highest BCUT2D eigenvalue weighted by atomic mass is 32.2. The Morgan fingerprint density at radius 3 is 2.68 bits per heavy atom. The van der Waals surface area contributed by atoms with Crippen LogP contribution in [-0.2, 0) is 14.8 Å². The van der Waals surface area contributed by atoms with E-state index in [1.807, 2.05) is 39.7 Å². The second kappa shape index (κ2) is 9.65. The first kappa shape index (κ1) is 26.1. The first-order valence-electron chi connectivity index (χ1n) is 12.8. The van der Waals surface area contributed by atoms with E-state index < -0.39 is 21.7 Å². The largest absolute Gasteiger partial charge is 0.484 e. The molecular weight excluding hydrogens is 505 g/mol. The summed E-state index contributed by atoms with van der Waals surface area (Å²) in [7, 11) is -3.24. The highest BCUT2D eigenvalue weighted by Crippen LogP contribution is 2.40. The number of pyridine rings is 2. The molecular formula is C26H32BN5O5S. The van der Waals surface area contributed by atoms with Crippen LogP contribution < -0.4 is 15.9 Å². The van der Waals surface area contributed by atoms with Gasteiger partial charge in [-0.25, -0.2) is 27.2 Å². The van der Waals surface area contributed by atoms with Crippen molar-refractivity contribution >= 4 is 56.6 Å². The molecule has 1 aliphatic carbocycles. The Morgan fingerprint density at radius 1 is 1.21 bits per heavy atom. The summed E-state index contributed by atoms with van der Waals surface area (Å²) in [5.41, 5.74) is 7.30. The van der Waals surface area contributed by atoms with Crippen LogP contribution in [0.25, 0.3) is 21.9 Å². The van der Waals surface area contributed by atoms with Crippen molar-refractivity contribution in [3.8, 4) is 5.75 Å². The Hall–Kier alpha value is -3.54. The maximum absolute atomic E-state index is 13.8. The number of hydrogen-bond acceptors (Lipinski definition) is 8. The lowest BCUT2D eigenvalue weighted by Crippen LogP contribution is -2.36. The number of ether oxygens (including phenoxy) is 2. The van der Waals surface area contributed by atoms with Crippen molar-refractivity contribution in [2.75, 3.05) is 18.8 Å². The zero-order valence-corrected chi connectivity index (χ0v) is 22.9. The molecule has 12 heteroatoms. The quantitative estimate of drug-likeness (QED) is 0.492. The summed E-state index contributed by atoms with van der Waals surface area (Å²) in [5.74, 6) is 0.434. The van der Waals surface area contributed by atoms with Gasteiger partial charge in [-0.2, -0.15) is 0 Å². The summed E-state index contributed by atoms with van der Waals surface area (Å²) < 4.78 is 40.8. The van der Waals surface area contributed by atoms with E-state index in [2.05, 4.69) is 9.97 Å². The molecule has 1 fully saturated rings. The average molecular weight is 537 g/mol. The highest BCUT2D eigenvalue weighted by molar-refractivity contribution is 7.94. The molecule has 0 bridgehead atoms. The minimum Gasteiger partial charge on any atom is -0.484 e. The molecule has 1 amide bonds. The topological polar surface area (TPSA) is 130 Å². The fourth-order valence-corrected chi connectivity index (χ4v) is 6.38. The van der Waals surface area contributed by atoms with Gasteiger partial charge in [0.05, 0.1) is 28.5 Å². The summed E-state index contributed by atoms with van der Waals surface area (Å²) in [6.45, 7) is 8.27. The average Bonchev–Trinajstić information content (AvgIpc) is 3.48. The molecule has 1 unspecified atom stereocenters. The summed E-state index contributed by atoms with van der Waals surface area (Å²) in [4.78, 5) is 23.3. The molecule has 200 valence electrons. The number of amides is 1. The van der Waals surface area contributed by atoms with Gasteiger partial charge in [-0.15, -0.1) is 0 Å². The molecule has 1 atom stereocenters. The van der Waals surface area contributed by atoms with Crippen molar-refractivity contribution in [2.45, 2.75) is 58.6 Å². The molecule has 38 heavy (non-hydrogen) atoms. The number of hydrogen-bond donors (Lipinski definition) is 1. The van der Waals surface area contributed by atoms with Crippen LogP contribution in [0.15, 0.2) is 41.6 Å². The molecule has 0 spiro atoms. The molecule has 1 saturated heterocycles. The molecule has 1 aliphatic heterocycles. The predicted molar refractivity (Wildman–Crippen MR) is 150 cm³/mol.